The molecule has 1 fully saturated rings. The van der Waals surface area contributed by atoms with Crippen molar-refractivity contribution in [3.8, 4) is 0 Å². The van der Waals surface area contributed by atoms with E-state index in [0.29, 0.717) is 6.54 Å². The number of nitrogens with zero attached hydrogens (tertiary/aromatic N) is 1. The predicted octanol–water partition coefficient (Wildman–Crippen LogP) is -0.506. The van der Waals surface area contributed by atoms with Crippen LogP contribution in [0.5, 0.6) is 0 Å². The van der Waals surface area contributed by atoms with Gasteiger partial charge in [0.2, 0.25) is 0 Å². The largest absolute Gasteiger partial charge is 0.481 e. The van der Waals surface area contributed by atoms with E-state index in [9.17, 15) is 4.79 Å². The van der Waals surface area contributed by atoms with Crippen molar-refractivity contribution in [3.63, 3.8) is 0 Å². The molecule has 1 saturated heterocycles. The molecule has 0 aromatic heterocycles. The number of nitrogens with two attached hydrogens (primary N) is 1. The zero-order valence-electron chi connectivity index (χ0n) is 6.49. The van der Waals surface area contributed by atoms with Crippen LogP contribution in [0.1, 0.15) is 12.8 Å². The van der Waals surface area contributed by atoms with Crippen LogP contribution in [0, 0.1) is 0 Å². The molecule has 0 bridgehead atoms. The fourth-order valence-electron chi connectivity index (χ4n) is 1.32. The lowest BCUT2D eigenvalue weighted by Crippen LogP contribution is -2.28. The first-order valence-corrected chi connectivity index (χ1v) is 3.88. The van der Waals surface area contributed by atoms with Gasteiger partial charge in [0, 0.05) is 19.1 Å². The molecule has 4 heteroatoms. The Morgan fingerprint density at radius 3 is 2.91 bits per heavy atom. The molecule has 0 saturated carbocycles. The summed E-state index contributed by atoms with van der Waals surface area (Å²) in [6, 6.07) is 0.254. The van der Waals surface area contributed by atoms with Crippen LogP contribution in [-0.4, -0.2) is 41.7 Å². The molecule has 0 radical (unpaired) electrons. The molecule has 1 heterocycles. The van der Waals surface area contributed by atoms with E-state index in [1.807, 2.05) is 0 Å². The van der Waals surface area contributed by atoms with Gasteiger partial charge >= 0.3 is 5.97 Å². The van der Waals surface area contributed by atoms with Gasteiger partial charge in [-0.3, -0.25) is 4.79 Å². The first-order valence-electron chi connectivity index (χ1n) is 3.88. The summed E-state index contributed by atoms with van der Waals surface area (Å²) in [6.07, 6.45) is 1.23. The smallest absolute Gasteiger partial charge is 0.304 e. The molecule has 0 spiro atoms. The number of aliphatic carboxylic acids is 1. The highest BCUT2D eigenvalue weighted by Gasteiger charge is 2.18. The number of hydrogen-bond donors (Lipinski definition) is 2. The van der Waals surface area contributed by atoms with Crippen LogP contribution in [0.2, 0.25) is 0 Å². The molecule has 1 aliphatic heterocycles. The highest BCUT2D eigenvalue weighted by molar-refractivity contribution is 5.66. The first-order chi connectivity index (χ1) is 5.18. The Labute approximate surface area is 66.0 Å². The van der Waals surface area contributed by atoms with Gasteiger partial charge in [-0.25, -0.2) is 0 Å². The summed E-state index contributed by atoms with van der Waals surface area (Å²) in [5.74, 6) is -0.731. The molecular formula is C7H14N2O2. The average molecular weight is 158 g/mol. The second-order valence-corrected chi connectivity index (χ2v) is 2.99. The van der Waals surface area contributed by atoms with Crippen molar-refractivity contribution in [1.29, 1.82) is 0 Å². The lowest BCUT2D eigenvalue weighted by molar-refractivity contribution is -0.137. The molecule has 3 N–H and O–H groups in total. The second-order valence-electron chi connectivity index (χ2n) is 2.99. The van der Waals surface area contributed by atoms with E-state index < -0.39 is 5.97 Å². The molecule has 0 unspecified atom stereocenters. The maximum Gasteiger partial charge on any atom is 0.304 e. The summed E-state index contributed by atoms with van der Waals surface area (Å²) in [7, 11) is 0. The van der Waals surface area contributed by atoms with E-state index in [4.69, 9.17) is 10.8 Å². The van der Waals surface area contributed by atoms with Crippen LogP contribution >= 0.6 is 0 Å². The van der Waals surface area contributed by atoms with Gasteiger partial charge in [0.1, 0.15) is 0 Å². The molecule has 0 amide bonds. The van der Waals surface area contributed by atoms with Crippen LogP contribution in [0.25, 0.3) is 0 Å². The molecule has 11 heavy (non-hydrogen) atoms. The quantitative estimate of drug-likeness (QED) is 0.580. The number of likely N-dealkylation sites (tertiary alicyclic amines) is 1. The van der Waals surface area contributed by atoms with Crippen molar-refractivity contribution >= 4 is 5.97 Å². The van der Waals surface area contributed by atoms with Crippen molar-refractivity contribution in [1.82, 2.24) is 4.90 Å². The number of carbonyl (C=O) groups is 1. The minimum atomic E-state index is -0.731. The SMILES string of the molecule is N[C@@H]1CCN(CCC(=O)O)C1. The standard InChI is InChI=1S/C7H14N2O2/c8-6-1-3-9(5-6)4-2-7(10)11/h6H,1-5,8H2,(H,10,11)/t6-/m1/s1. The molecule has 1 aliphatic rings. The summed E-state index contributed by atoms with van der Waals surface area (Å²) >= 11 is 0. The summed E-state index contributed by atoms with van der Waals surface area (Å²) in [4.78, 5) is 12.3. The Kier molecular flexibility index (Phi) is 2.84. The van der Waals surface area contributed by atoms with E-state index in [0.717, 1.165) is 19.5 Å². The van der Waals surface area contributed by atoms with Crippen LogP contribution in [0.3, 0.4) is 0 Å². The average Bonchev–Trinajstić information content (AvgIpc) is 2.31. The Bertz CT molecular complexity index is 149. The maximum atomic E-state index is 10.2. The fraction of sp³-hybridized carbons (Fsp3) is 0.857. The summed E-state index contributed by atoms with van der Waals surface area (Å²) in [5.41, 5.74) is 5.64. The number of carboxylic acid groups (broad SMARTS) is 1. The Morgan fingerprint density at radius 1 is 1.73 bits per heavy atom. The van der Waals surface area contributed by atoms with E-state index in [1.54, 1.807) is 0 Å². The van der Waals surface area contributed by atoms with Gasteiger partial charge in [0.25, 0.3) is 0 Å². The van der Waals surface area contributed by atoms with E-state index in [1.165, 1.54) is 0 Å². The van der Waals surface area contributed by atoms with Crippen molar-refractivity contribution in [2.75, 3.05) is 19.6 Å². The zero-order chi connectivity index (χ0) is 8.27. The topological polar surface area (TPSA) is 66.6 Å². The second kappa shape index (κ2) is 3.69. The van der Waals surface area contributed by atoms with Crippen LogP contribution in [0.4, 0.5) is 0 Å². The minimum absolute atomic E-state index is 0.229. The fourth-order valence-corrected chi connectivity index (χ4v) is 1.32. The maximum absolute atomic E-state index is 10.2. The van der Waals surface area contributed by atoms with Crippen LogP contribution in [0.15, 0.2) is 0 Å². The van der Waals surface area contributed by atoms with Crippen molar-refractivity contribution in [2.45, 2.75) is 18.9 Å². The van der Waals surface area contributed by atoms with Crippen LogP contribution < -0.4 is 5.73 Å². The van der Waals surface area contributed by atoms with Crippen LogP contribution in [-0.2, 0) is 4.79 Å². The van der Waals surface area contributed by atoms with Gasteiger partial charge in [-0.05, 0) is 13.0 Å². The van der Waals surface area contributed by atoms with E-state index in [2.05, 4.69) is 4.90 Å². The number of carboxylic acids is 1. The molecule has 0 aromatic carbocycles. The van der Waals surface area contributed by atoms with E-state index >= 15 is 0 Å². The number of hydrogen-bond acceptors (Lipinski definition) is 3. The lowest BCUT2D eigenvalue weighted by Gasteiger charge is -2.12. The third-order valence-corrected chi connectivity index (χ3v) is 1.95. The first kappa shape index (κ1) is 8.49. The van der Waals surface area contributed by atoms with Crippen molar-refractivity contribution < 1.29 is 9.90 Å². The van der Waals surface area contributed by atoms with Crippen molar-refractivity contribution in [3.05, 3.63) is 0 Å². The van der Waals surface area contributed by atoms with Crippen molar-refractivity contribution in [2.24, 2.45) is 5.73 Å². The van der Waals surface area contributed by atoms with Gasteiger partial charge in [-0.2, -0.15) is 0 Å². The molecule has 1 rings (SSSR count). The van der Waals surface area contributed by atoms with Gasteiger partial charge in [0.05, 0.1) is 6.42 Å². The highest BCUT2D eigenvalue weighted by atomic mass is 16.4. The van der Waals surface area contributed by atoms with Gasteiger partial charge in [0.15, 0.2) is 0 Å². The summed E-state index contributed by atoms with van der Waals surface area (Å²) in [5, 5.41) is 8.38. The third-order valence-electron chi connectivity index (χ3n) is 1.95. The summed E-state index contributed by atoms with van der Waals surface area (Å²) < 4.78 is 0. The Hall–Kier alpha value is -0.610. The normalized spacial score (nSPS) is 25.7. The molecule has 4 nitrogen and oxygen atoms in total. The molecular weight excluding hydrogens is 144 g/mol. The molecule has 0 aromatic rings. The summed E-state index contributed by atoms with van der Waals surface area (Å²) in [6.45, 7) is 2.45. The monoisotopic (exact) mass is 158 g/mol. The predicted molar refractivity (Wildman–Crippen MR) is 41.3 cm³/mol. The Balaban J connectivity index is 2.13. The third kappa shape index (κ3) is 2.86. The van der Waals surface area contributed by atoms with Gasteiger partial charge in [-0.15, -0.1) is 0 Å². The number of rotatable bonds is 3. The highest BCUT2D eigenvalue weighted by Crippen LogP contribution is 2.06. The van der Waals surface area contributed by atoms with Gasteiger partial charge in [-0.1, -0.05) is 0 Å². The van der Waals surface area contributed by atoms with Gasteiger partial charge < -0.3 is 15.7 Å². The Morgan fingerprint density at radius 2 is 2.45 bits per heavy atom. The zero-order valence-corrected chi connectivity index (χ0v) is 6.49. The molecule has 0 aliphatic carbocycles. The molecule has 64 valence electrons. The molecule has 1 atom stereocenters. The van der Waals surface area contributed by atoms with E-state index in [-0.39, 0.29) is 12.5 Å². The minimum Gasteiger partial charge on any atom is -0.481 e. The lowest BCUT2D eigenvalue weighted by atomic mass is 10.3.